The minimum Gasteiger partial charge on any atom is -0.399 e. The van der Waals surface area contributed by atoms with Crippen molar-refractivity contribution in [1.82, 2.24) is 0 Å². The van der Waals surface area contributed by atoms with Crippen molar-refractivity contribution in [2.45, 2.75) is 52.7 Å². The number of nitrogen functional groups attached to an aromatic ring is 1. The van der Waals surface area contributed by atoms with Crippen LogP contribution in [0.3, 0.4) is 0 Å². The Hall–Kier alpha value is -2.43. The zero-order chi connectivity index (χ0) is 21.2. The molecule has 0 aromatic heterocycles. The number of rotatable bonds is 11. The van der Waals surface area contributed by atoms with Gasteiger partial charge in [-0.1, -0.05) is 38.1 Å². The van der Waals surface area contributed by atoms with Crippen LogP contribution in [0.25, 0.3) is 6.08 Å². The van der Waals surface area contributed by atoms with Gasteiger partial charge in [-0.05, 0) is 73.7 Å². The molecule has 29 heavy (non-hydrogen) atoms. The smallest absolute Gasteiger partial charge is 0.185 e. The SMILES string of the molecule is CCOC(CC)c1cccc(C(CC)OCC)c1/C=C/C(=O)c1ccc(N)cc1. The predicted molar refractivity (Wildman–Crippen MR) is 120 cm³/mol. The summed E-state index contributed by atoms with van der Waals surface area (Å²) in [5, 5.41) is 0. The van der Waals surface area contributed by atoms with E-state index in [2.05, 4.69) is 26.0 Å². The van der Waals surface area contributed by atoms with Crippen molar-refractivity contribution >= 4 is 17.5 Å². The second-order valence-electron chi connectivity index (χ2n) is 6.87. The van der Waals surface area contributed by atoms with E-state index in [0.717, 1.165) is 29.5 Å². The largest absolute Gasteiger partial charge is 0.399 e. The third kappa shape index (κ3) is 6.02. The monoisotopic (exact) mass is 395 g/mol. The third-order valence-corrected chi connectivity index (χ3v) is 4.94. The molecule has 2 aromatic rings. The van der Waals surface area contributed by atoms with Crippen molar-refractivity contribution < 1.29 is 14.3 Å². The number of hydrogen-bond acceptors (Lipinski definition) is 4. The molecule has 0 fully saturated rings. The Morgan fingerprint density at radius 1 is 0.897 bits per heavy atom. The Morgan fingerprint density at radius 3 is 1.86 bits per heavy atom. The minimum atomic E-state index is -0.0559. The van der Waals surface area contributed by atoms with Crippen molar-refractivity contribution in [1.29, 1.82) is 0 Å². The van der Waals surface area contributed by atoms with E-state index in [1.165, 1.54) is 0 Å². The van der Waals surface area contributed by atoms with Crippen LogP contribution in [0, 0.1) is 0 Å². The molecule has 0 saturated heterocycles. The zero-order valence-corrected chi connectivity index (χ0v) is 18.0. The van der Waals surface area contributed by atoms with Gasteiger partial charge in [0.2, 0.25) is 0 Å². The molecule has 0 aliphatic heterocycles. The quantitative estimate of drug-likeness (QED) is 0.282. The van der Waals surface area contributed by atoms with Gasteiger partial charge in [0.1, 0.15) is 0 Å². The lowest BCUT2D eigenvalue weighted by atomic mass is 9.91. The number of allylic oxidation sites excluding steroid dienone is 1. The van der Waals surface area contributed by atoms with Crippen LogP contribution >= 0.6 is 0 Å². The van der Waals surface area contributed by atoms with Crippen LogP contribution in [0.1, 0.15) is 79.8 Å². The lowest BCUT2D eigenvalue weighted by Gasteiger charge is -2.24. The molecule has 0 spiro atoms. The normalized spacial score (nSPS) is 13.5. The first kappa shape index (κ1) is 22.9. The Bertz CT molecular complexity index is 779. The van der Waals surface area contributed by atoms with Gasteiger partial charge in [0.05, 0.1) is 12.2 Å². The van der Waals surface area contributed by atoms with E-state index in [1.54, 1.807) is 30.3 Å². The van der Waals surface area contributed by atoms with Crippen molar-refractivity contribution in [3.05, 3.63) is 70.8 Å². The van der Waals surface area contributed by atoms with Gasteiger partial charge in [-0.3, -0.25) is 4.79 Å². The van der Waals surface area contributed by atoms with Gasteiger partial charge in [-0.25, -0.2) is 0 Å². The third-order valence-electron chi connectivity index (χ3n) is 4.94. The molecule has 2 unspecified atom stereocenters. The van der Waals surface area contributed by atoms with Crippen molar-refractivity contribution in [3.63, 3.8) is 0 Å². The molecular weight excluding hydrogens is 362 g/mol. The summed E-state index contributed by atoms with van der Waals surface area (Å²) in [6.45, 7) is 9.50. The first-order valence-electron chi connectivity index (χ1n) is 10.5. The molecule has 0 amide bonds. The number of benzene rings is 2. The van der Waals surface area contributed by atoms with Gasteiger partial charge in [-0.2, -0.15) is 0 Å². The molecule has 2 N–H and O–H groups in total. The Morgan fingerprint density at radius 2 is 1.41 bits per heavy atom. The fourth-order valence-electron chi connectivity index (χ4n) is 3.52. The van der Waals surface area contributed by atoms with E-state index in [1.807, 2.05) is 26.0 Å². The second kappa shape index (κ2) is 11.5. The zero-order valence-electron chi connectivity index (χ0n) is 18.0. The second-order valence-corrected chi connectivity index (χ2v) is 6.87. The number of carbonyl (C=O) groups excluding carboxylic acids is 1. The molecule has 156 valence electrons. The van der Waals surface area contributed by atoms with Crippen LogP contribution in [-0.2, 0) is 9.47 Å². The Kier molecular flexibility index (Phi) is 9.10. The number of carbonyl (C=O) groups is 1. The Balaban J connectivity index is 2.49. The molecule has 0 saturated carbocycles. The number of ether oxygens (including phenoxy) is 2. The van der Waals surface area contributed by atoms with Crippen molar-refractivity contribution in [2.75, 3.05) is 18.9 Å². The van der Waals surface area contributed by atoms with E-state index in [-0.39, 0.29) is 18.0 Å². The molecule has 4 heteroatoms. The predicted octanol–water partition coefficient (Wildman–Crippen LogP) is 6.14. The highest BCUT2D eigenvalue weighted by molar-refractivity contribution is 6.07. The Labute approximate surface area is 174 Å². The van der Waals surface area contributed by atoms with Gasteiger partial charge < -0.3 is 15.2 Å². The molecule has 2 aromatic carbocycles. The van der Waals surface area contributed by atoms with Crippen LogP contribution < -0.4 is 5.73 Å². The van der Waals surface area contributed by atoms with Crippen LogP contribution in [0.4, 0.5) is 5.69 Å². The number of ketones is 1. The first-order valence-corrected chi connectivity index (χ1v) is 10.5. The maximum absolute atomic E-state index is 12.7. The van der Waals surface area contributed by atoms with Gasteiger partial charge in [0.25, 0.3) is 0 Å². The molecular formula is C25H33NO3. The van der Waals surface area contributed by atoms with Gasteiger partial charge in [0.15, 0.2) is 5.78 Å². The number of nitrogens with two attached hydrogens (primary N) is 1. The molecule has 0 bridgehead atoms. The average molecular weight is 396 g/mol. The summed E-state index contributed by atoms with van der Waals surface area (Å²) in [6, 6.07) is 13.2. The molecule has 0 radical (unpaired) electrons. The van der Waals surface area contributed by atoms with Crippen molar-refractivity contribution in [2.24, 2.45) is 0 Å². The van der Waals surface area contributed by atoms with Crippen LogP contribution in [-0.4, -0.2) is 19.0 Å². The molecule has 0 heterocycles. The highest BCUT2D eigenvalue weighted by atomic mass is 16.5. The maximum Gasteiger partial charge on any atom is 0.185 e. The average Bonchev–Trinajstić information content (AvgIpc) is 2.74. The molecule has 2 atom stereocenters. The fraction of sp³-hybridized carbons (Fsp3) is 0.400. The molecule has 2 rings (SSSR count). The van der Waals surface area contributed by atoms with E-state index in [0.29, 0.717) is 24.5 Å². The van der Waals surface area contributed by atoms with E-state index >= 15 is 0 Å². The van der Waals surface area contributed by atoms with Gasteiger partial charge in [-0.15, -0.1) is 0 Å². The van der Waals surface area contributed by atoms with Crippen LogP contribution in [0.2, 0.25) is 0 Å². The summed E-state index contributed by atoms with van der Waals surface area (Å²) in [4.78, 5) is 12.7. The number of anilines is 1. The summed E-state index contributed by atoms with van der Waals surface area (Å²) in [6.07, 6.45) is 5.21. The molecule has 4 nitrogen and oxygen atoms in total. The van der Waals surface area contributed by atoms with E-state index in [4.69, 9.17) is 15.2 Å². The topological polar surface area (TPSA) is 61.5 Å². The summed E-state index contributed by atoms with van der Waals surface area (Å²) < 4.78 is 12.0. The summed E-state index contributed by atoms with van der Waals surface area (Å²) >= 11 is 0. The summed E-state index contributed by atoms with van der Waals surface area (Å²) in [7, 11) is 0. The fourth-order valence-corrected chi connectivity index (χ4v) is 3.52. The molecule has 0 aliphatic rings. The lowest BCUT2D eigenvalue weighted by Crippen LogP contribution is -2.10. The highest BCUT2D eigenvalue weighted by Gasteiger charge is 2.20. The van der Waals surface area contributed by atoms with Gasteiger partial charge >= 0.3 is 0 Å². The van der Waals surface area contributed by atoms with E-state index in [9.17, 15) is 4.79 Å². The standard InChI is InChI=1S/C25H33NO3/c1-5-24(28-7-3)21-10-9-11-22(25(6-2)29-8-4)20(21)16-17-23(27)18-12-14-19(26)15-13-18/h9-17,24-25H,5-8,26H2,1-4H3/b17-16+. The highest BCUT2D eigenvalue weighted by Crippen LogP contribution is 2.33. The minimum absolute atomic E-state index is 0.0228. The van der Waals surface area contributed by atoms with Crippen LogP contribution in [0.15, 0.2) is 48.5 Å². The molecule has 0 aliphatic carbocycles. The lowest BCUT2D eigenvalue weighted by molar-refractivity contribution is 0.0549. The van der Waals surface area contributed by atoms with Crippen LogP contribution in [0.5, 0.6) is 0 Å². The first-order chi connectivity index (χ1) is 14.0. The summed E-state index contributed by atoms with van der Waals surface area (Å²) in [5.41, 5.74) is 10.2. The number of hydrogen-bond donors (Lipinski definition) is 1. The van der Waals surface area contributed by atoms with Crippen molar-refractivity contribution in [3.8, 4) is 0 Å². The maximum atomic E-state index is 12.7. The van der Waals surface area contributed by atoms with E-state index < -0.39 is 0 Å². The summed E-state index contributed by atoms with van der Waals surface area (Å²) in [5.74, 6) is -0.0559. The van der Waals surface area contributed by atoms with Gasteiger partial charge in [0, 0.05) is 24.5 Å².